The van der Waals surface area contributed by atoms with Gasteiger partial charge in [-0.3, -0.25) is 4.79 Å². The van der Waals surface area contributed by atoms with Gasteiger partial charge in [0.15, 0.2) is 0 Å². The first kappa shape index (κ1) is 13.0. The van der Waals surface area contributed by atoms with E-state index in [1.807, 2.05) is 0 Å². The van der Waals surface area contributed by atoms with Crippen LogP contribution in [0.1, 0.15) is 16.8 Å². The summed E-state index contributed by atoms with van der Waals surface area (Å²) in [5.74, 6) is -0.995. The van der Waals surface area contributed by atoms with Gasteiger partial charge >= 0.3 is 5.97 Å². The summed E-state index contributed by atoms with van der Waals surface area (Å²) >= 11 is 0. The average molecular weight is 262 g/mol. The third-order valence-electron chi connectivity index (χ3n) is 2.80. The molecule has 7 heteroatoms. The number of carbonyl (C=O) groups excluding carboxylic acids is 1. The van der Waals surface area contributed by atoms with E-state index < -0.39 is 5.97 Å². The van der Waals surface area contributed by atoms with E-state index in [0.29, 0.717) is 18.5 Å². The van der Waals surface area contributed by atoms with Crippen molar-refractivity contribution in [2.45, 2.75) is 13.0 Å². The number of aryl methyl sites for hydroxylation is 1. The number of fused-ring (bicyclic) bond motifs is 1. The van der Waals surface area contributed by atoms with E-state index >= 15 is 0 Å². The van der Waals surface area contributed by atoms with Crippen LogP contribution in [0.15, 0.2) is 18.2 Å². The molecule has 0 bridgehead atoms. The molecule has 0 spiro atoms. The largest absolute Gasteiger partial charge is 0.478 e. The standard InChI is InChI=1S/C12H14N4O3/c1-15(2)11(17)5-6-16-10-4-3-8(12(18)19)7-9(10)13-14-16/h3-4,7H,5-6H2,1-2H3,(H,18,19). The van der Waals surface area contributed by atoms with Crippen LogP contribution in [0.25, 0.3) is 11.0 Å². The van der Waals surface area contributed by atoms with Gasteiger partial charge in [0.05, 0.1) is 17.6 Å². The van der Waals surface area contributed by atoms with Crippen molar-refractivity contribution in [1.82, 2.24) is 19.9 Å². The number of amides is 1. The lowest BCUT2D eigenvalue weighted by Crippen LogP contribution is -2.23. The SMILES string of the molecule is CN(C)C(=O)CCn1nnc2cc(C(=O)O)ccc21. The van der Waals surface area contributed by atoms with Crippen LogP contribution in [0.3, 0.4) is 0 Å². The van der Waals surface area contributed by atoms with Gasteiger partial charge in [0.25, 0.3) is 0 Å². The second kappa shape index (κ2) is 5.05. The maximum atomic E-state index is 11.5. The third-order valence-corrected chi connectivity index (χ3v) is 2.80. The number of carboxylic acid groups (broad SMARTS) is 1. The number of benzene rings is 1. The molecule has 100 valence electrons. The lowest BCUT2D eigenvalue weighted by molar-refractivity contribution is -0.128. The summed E-state index contributed by atoms with van der Waals surface area (Å²) in [5.41, 5.74) is 1.40. The summed E-state index contributed by atoms with van der Waals surface area (Å²) < 4.78 is 1.60. The zero-order valence-electron chi connectivity index (χ0n) is 10.7. The molecule has 0 fully saturated rings. The Kier molecular flexibility index (Phi) is 3.46. The maximum Gasteiger partial charge on any atom is 0.335 e. The van der Waals surface area contributed by atoms with Crippen LogP contribution in [0.4, 0.5) is 0 Å². The number of aromatic carboxylic acids is 1. The van der Waals surface area contributed by atoms with Crippen molar-refractivity contribution in [1.29, 1.82) is 0 Å². The van der Waals surface area contributed by atoms with Gasteiger partial charge in [0, 0.05) is 20.5 Å². The minimum atomic E-state index is -1.00. The molecule has 0 unspecified atom stereocenters. The molecular formula is C12H14N4O3. The third kappa shape index (κ3) is 2.70. The van der Waals surface area contributed by atoms with E-state index in [-0.39, 0.29) is 11.5 Å². The van der Waals surface area contributed by atoms with Crippen molar-refractivity contribution in [2.24, 2.45) is 0 Å². The normalized spacial score (nSPS) is 10.6. The summed E-state index contributed by atoms with van der Waals surface area (Å²) in [6.07, 6.45) is 0.326. The van der Waals surface area contributed by atoms with Crippen molar-refractivity contribution in [3.05, 3.63) is 23.8 Å². The molecule has 1 aromatic heterocycles. The van der Waals surface area contributed by atoms with Gasteiger partial charge in [0.1, 0.15) is 5.52 Å². The predicted molar refractivity (Wildman–Crippen MR) is 67.8 cm³/mol. The summed E-state index contributed by atoms with van der Waals surface area (Å²) in [6.45, 7) is 0.417. The summed E-state index contributed by atoms with van der Waals surface area (Å²) in [7, 11) is 3.39. The lowest BCUT2D eigenvalue weighted by atomic mass is 10.2. The first-order chi connectivity index (χ1) is 8.99. The highest BCUT2D eigenvalue weighted by Gasteiger charge is 2.10. The Labute approximate surface area is 109 Å². The molecule has 1 aromatic carbocycles. The minimum Gasteiger partial charge on any atom is -0.478 e. The molecule has 0 radical (unpaired) electrons. The highest BCUT2D eigenvalue weighted by molar-refractivity contribution is 5.92. The maximum absolute atomic E-state index is 11.5. The number of rotatable bonds is 4. The molecule has 2 rings (SSSR count). The fraction of sp³-hybridized carbons (Fsp3) is 0.333. The Bertz CT molecular complexity index is 633. The number of carboxylic acids is 1. The quantitative estimate of drug-likeness (QED) is 0.872. The summed E-state index contributed by atoms with van der Waals surface area (Å²) in [6, 6.07) is 4.62. The van der Waals surface area contributed by atoms with Crippen LogP contribution < -0.4 is 0 Å². The molecule has 7 nitrogen and oxygen atoms in total. The van der Waals surface area contributed by atoms with E-state index in [4.69, 9.17) is 5.11 Å². The first-order valence-electron chi connectivity index (χ1n) is 5.75. The van der Waals surface area contributed by atoms with Crippen LogP contribution in [0.2, 0.25) is 0 Å². The van der Waals surface area contributed by atoms with Gasteiger partial charge in [-0.05, 0) is 18.2 Å². The van der Waals surface area contributed by atoms with Gasteiger partial charge < -0.3 is 10.0 Å². The molecule has 0 aliphatic carbocycles. The zero-order valence-corrected chi connectivity index (χ0v) is 10.7. The number of hydrogen-bond donors (Lipinski definition) is 1. The van der Waals surface area contributed by atoms with Crippen LogP contribution >= 0.6 is 0 Å². The van der Waals surface area contributed by atoms with Gasteiger partial charge in [-0.2, -0.15) is 0 Å². The van der Waals surface area contributed by atoms with Crippen LogP contribution in [-0.4, -0.2) is 51.0 Å². The number of nitrogens with zero attached hydrogens (tertiary/aromatic N) is 4. The van der Waals surface area contributed by atoms with Crippen LogP contribution in [0.5, 0.6) is 0 Å². The van der Waals surface area contributed by atoms with Gasteiger partial charge in [-0.25, -0.2) is 9.48 Å². The molecule has 19 heavy (non-hydrogen) atoms. The topological polar surface area (TPSA) is 88.3 Å². The molecule has 1 amide bonds. The number of aromatic nitrogens is 3. The number of carbonyl (C=O) groups is 2. The Morgan fingerprint density at radius 3 is 2.74 bits per heavy atom. The molecule has 0 atom stereocenters. The zero-order chi connectivity index (χ0) is 14.0. The van der Waals surface area contributed by atoms with Crippen molar-refractivity contribution in [3.8, 4) is 0 Å². The van der Waals surface area contributed by atoms with Crippen molar-refractivity contribution in [2.75, 3.05) is 14.1 Å². The summed E-state index contributed by atoms with van der Waals surface area (Å²) in [5, 5.41) is 16.7. The predicted octanol–water partition coefficient (Wildman–Crippen LogP) is 0.608. The molecule has 2 aromatic rings. The monoisotopic (exact) mass is 262 g/mol. The molecule has 0 aliphatic rings. The first-order valence-corrected chi connectivity index (χ1v) is 5.75. The Morgan fingerprint density at radius 2 is 2.11 bits per heavy atom. The van der Waals surface area contributed by atoms with Crippen LogP contribution in [-0.2, 0) is 11.3 Å². The van der Waals surface area contributed by atoms with Gasteiger partial charge in [-0.1, -0.05) is 5.21 Å². The van der Waals surface area contributed by atoms with Crippen molar-refractivity contribution >= 4 is 22.9 Å². The van der Waals surface area contributed by atoms with Crippen LogP contribution in [0, 0.1) is 0 Å². The second-order valence-electron chi connectivity index (χ2n) is 4.36. The van der Waals surface area contributed by atoms with E-state index in [0.717, 1.165) is 5.52 Å². The smallest absolute Gasteiger partial charge is 0.335 e. The highest BCUT2D eigenvalue weighted by atomic mass is 16.4. The Morgan fingerprint density at radius 1 is 1.37 bits per heavy atom. The van der Waals surface area contributed by atoms with E-state index in [9.17, 15) is 9.59 Å². The highest BCUT2D eigenvalue weighted by Crippen LogP contribution is 2.14. The average Bonchev–Trinajstić information content (AvgIpc) is 2.77. The molecule has 0 saturated carbocycles. The van der Waals surface area contributed by atoms with E-state index in [1.165, 1.54) is 17.0 Å². The number of hydrogen-bond acceptors (Lipinski definition) is 4. The van der Waals surface area contributed by atoms with Crippen molar-refractivity contribution in [3.63, 3.8) is 0 Å². The molecule has 1 N–H and O–H groups in total. The van der Waals surface area contributed by atoms with E-state index in [2.05, 4.69) is 10.3 Å². The molecular weight excluding hydrogens is 248 g/mol. The second-order valence-corrected chi connectivity index (χ2v) is 4.36. The molecule has 1 heterocycles. The molecule has 0 saturated heterocycles. The Hall–Kier alpha value is -2.44. The minimum absolute atomic E-state index is 0.00538. The van der Waals surface area contributed by atoms with Gasteiger partial charge in [-0.15, -0.1) is 5.10 Å². The van der Waals surface area contributed by atoms with Gasteiger partial charge in [0.2, 0.25) is 5.91 Å². The summed E-state index contributed by atoms with van der Waals surface area (Å²) in [4.78, 5) is 23.9. The van der Waals surface area contributed by atoms with E-state index in [1.54, 1.807) is 24.8 Å². The van der Waals surface area contributed by atoms with Crippen molar-refractivity contribution < 1.29 is 14.7 Å². The Balaban J connectivity index is 2.21. The lowest BCUT2D eigenvalue weighted by Gasteiger charge is -2.09. The fourth-order valence-corrected chi connectivity index (χ4v) is 1.70. The molecule has 0 aliphatic heterocycles. The fourth-order valence-electron chi connectivity index (χ4n) is 1.70.